The lowest BCUT2D eigenvalue weighted by Crippen LogP contribution is -2.13. The van der Waals surface area contributed by atoms with Crippen LogP contribution < -0.4 is 16.3 Å². The van der Waals surface area contributed by atoms with Crippen LogP contribution in [0.3, 0.4) is 0 Å². The zero-order chi connectivity index (χ0) is 19.3. The van der Waals surface area contributed by atoms with Gasteiger partial charge in [0.25, 0.3) is 0 Å². The summed E-state index contributed by atoms with van der Waals surface area (Å²) in [5, 5.41) is 14.9. The number of rotatable bonds is 7. The number of amides is 1. The lowest BCUT2D eigenvalue weighted by atomic mass is 10.2. The zero-order valence-corrected chi connectivity index (χ0v) is 16.2. The molecule has 0 radical (unpaired) electrons. The molecule has 0 saturated carbocycles. The Hall–Kier alpha value is -3.11. The number of fused-ring (bicyclic) bond motifs is 1. The molecule has 4 rings (SSSR count). The third-order valence-corrected chi connectivity index (χ3v) is 5.83. The summed E-state index contributed by atoms with van der Waals surface area (Å²) >= 11 is 2.74. The first kappa shape index (κ1) is 18.3. The maximum absolute atomic E-state index is 12.2. The van der Waals surface area contributed by atoms with Gasteiger partial charge in [0.15, 0.2) is 4.34 Å². The molecule has 4 aromatic rings. The van der Waals surface area contributed by atoms with Crippen LogP contribution in [0.2, 0.25) is 0 Å². The smallest absolute Gasteiger partial charge is 0.323 e. The second kappa shape index (κ2) is 8.28. The number of carbonyl (C=O) groups excluding carboxylic acids is 1. The summed E-state index contributed by atoms with van der Waals surface area (Å²) in [6.45, 7) is 0.671. The van der Waals surface area contributed by atoms with E-state index in [2.05, 4.69) is 30.8 Å². The highest BCUT2D eigenvalue weighted by atomic mass is 32.2. The first-order valence-electron chi connectivity index (χ1n) is 8.42. The van der Waals surface area contributed by atoms with Gasteiger partial charge in [-0.05, 0) is 23.8 Å². The van der Waals surface area contributed by atoms with Crippen molar-refractivity contribution >= 4 is 50.9 Å². The Morgan fingerprint density at radius 3 is 2.75 bits per heavy atom. The second-order valence-electron chi connectivity index (χ2n) is 5.89. The molecule has 0 bridgehead atoms. The lowest BCUT2D eigenvalue weighted by molar-refractivity contribution is -0.113. The summed E-state index contributed by atoms with van der Waals surface area (Å²) in [5.41, 5.74) is 2.85. The fourth-order valence-corrected chi connectivity index (χ4v) is 4.10. The molecule has 0 unspecified atom stereocenters. The summed E-state index contributed by atoms with van der Waals surface area (Å²) in [5.74, 6) is 0.0610. The van der Waals surface area contributed by atoms with E-state index in [1.54, 1.807) is 18.2 Å². The van der Waals surface area contributed by atoms with Gasteiger partial charge < -0.3 is 20.6 Å². The Kier molecular flexibility index (Phi) is 5.40. The van der Waals surface area contributed by atoms with E-state index in [-0.39, 0.29) is 17.3 Å². The molecule has 2 heterocycles. The molecular formula is C18H16N6O2S2. The average molecular weight is 413 g/mol. The Bertz CT molecular complexity index is 1150. The van der Waals surface area contributed by atoms with Gasteiger partial charge in [0.2, 0.25) is 11.0 Å². The molecule has 0 atom stereocenters. The minimum atomic E-state index is -0.276. The summed E-state index contributed by atoms with van der Waals surface area (Å²) in [4.78, 5) is 28.8. The van der Waals surface area contributed by atoms with Gasteiger partial charge in [-0.15, -0.1) is 10.2 Å². The molecule has 4 N–H and O–H groups in total. The maximum atomic E-state index is 12.2. The van der Waals surface area contributed by atoms with E-state index in [1.165, 1.54) is 23.1 Å². The number of nitrogens with one attached hydrogen (secondary N) is 4. The highest BCUT2D eigenvalue weighted by Crippen LogP contribution is 2.26. The first-order valence-corrected chi connectivity index (χ1v) is 10.2. The molecule has 0 aliphatic carbocycles. The van der Waals surface area contributed by atoms with Crippen LogP contribution in [-0.4, -0.2) is 31.8 Å². The lowest BCUT2D eigenvalue weighted by Gasteiger charge is -2.04. The molecule has 10 heteroatoms. The Morgan fingerprint density at radius 2 is 1.89 bits per heavy atom. The van der Waals surface area contributed by atoms with Crippen molar-refractivity contribution in [3.8, 4) is 0 Å². The van der Waals surface area contributed by atoms with E-state index in [1.807, 2.05) is 30.3 Å². The van der Waals surface area contributed by atoms with Crippen LogP contribution in [-0.2, 0) is 11.3 Å². The molecule has 8 nitrogen and oxygen atoms in total. The van der Waals surface area contributed by atoms with Gasteiger partial charge in [-0.2, -0.15) is 0 Å². The molecule has 0 spiro atoms. The number of H-pyrrole nitrogens is 2. The predicted molar refractivity (Wildman–Crippen MR) is 112 cm³/mol. The Morgan fingerprint density at radius 1 is 1.07 bits per heavy atom. The van der Waals surface area contributed by atoms with Crippen molar-refractivity contribution in [2.75, 3.05) is 16.4 Å². The van der Waals surface area contributed by atoms with E-state index in [0.29, 0.717) is 28.4 Å². The van der Waals surface area contributed by atoms with Gasteiger partial charge in [0.1, 0.15) is 0 Å². The van der Waals surface area contributed by atoms with E-state index >= 15 is 0 Å². The summed E-state index contributed by atoms with van der Waals surface area (Å²) in [6, 6.07) is 15.2. The first-order chi connectivity index (χ1) is 13.7. The van der Waals surface area contributed by atoms with E-state index in [4.69, 9.17) is 0 Å². The minimum Gasteiger partial charge on any atom is -0.356 e. The highest BCUT2D eigenvalue weighted by Gasteiger charge is 2.09. The fraction of sp³-hybridized carbons (Fsp3) is 0.111. The van der Waals surface area contributed by atoms with Gasteiger partial charge in [0.05, 0.1) is 16.8 Å². The standard InChI is InChI=1S/C18H16N6O2S2/c25-15(20-12-6-7-13-14(8-12)22-16(26)21-13)10-27-18-24-23-17(28-18)19-9-11-4-2-1-3-5-11/h1-8H,9-10H2,(H,19,23)(H,20,25)(H2,21,22,26). The van der Waals surface area contributed by atoms with E-state index < -0.39 is 0 Å². The Balaban J connectivity index is 1.28. The number of carbonyl (C=O) groups is 1. The molecule has 2 aromatic carbocycles. The number of nitrogens with zero attached hydrogens (tertiary/aromatic N) is 2. The van der Waals surface area contributed by atoms with Crippen LogP contribution in [0.4, 0.5) is 10.8 Å². The van der Waals surface area contributed by atoms with Crippen molar-refractivity contribution in [1.29, 1.82) is 0 Å². The van der Waals surface area contributed by atoms with E-state index in [9.17, 15) is 9.59 Å². The van der Waals surface area contributed by atoms with Crippen LogP contribution in [0, 0.1) is 0 Å². The van der Waals surface area contributed by atoms with Crippen LogP contribution in [0.5, 0.6) is 0 Å². The highest BCUT2D eigenvalue weighted by molar-refractivity contribution is 8.01. The topological polar surface area (TPSA) is 116 Å². The van der Waals surface area contributed by atoms with Crippen molar-refractivity contribution in [3.63, 3.8) is 0 Å². The van der Waals surface area contributed by atoms with E-state index in [0.717, 1.165) is 9.90 Å². The number of thioether (sulfide) groups is 1. The van der Waals surface area contributed by atoms with Crippen LogP contribution in [0.1, 0.15) is 5.56 Å². The van der Waals surface area contributed by atoms with Crippen LogP contribution >= 0.6 is 23.1 Å². The number of aromatic amines is 2. The SMILES string of the molecule is O=C(CSc1nnc(NCc2ccccc2)s1)Nc1ccc2[nH]c(=O)[nH]c2c1. The van der Waals surface area contributed by atoms with Crippen molar-refractivity contribution in [2.45, 2.75) is 10.9 Å². The van der Waals surface area contributed by atoms with Crippen LogP contribution in [0.25, 0.3) is 11.0 Å². The van der Waals surface area contributed by atoms with Crippen molar-refractivity contribution in [1.82, 2.24) is 20.2 Å². The number of benzene rings is 2. The quantitative estimate of drug-likeness (QED) is 0.347. The third kappa shape index (κ3) is 4.59. The molecule has 0 saturated heterocycles. The largest absolute Gasteiger partial charge is 0.356 e. The normalized spacial score (nSPS) is 10.9. The van der Waals surface area contributed by atoms with Gasteiger partial charge >= 0.3 is 5.69 Å². The van der Waals surface area contributed by atoms with Gasteiger partial charge in [-0.3, -0.25) is 4.79 Å². The summed E-state index contributed by atoms with van der Waals surface area (Å²) in [6.07, 6.45) is 0. The summed E-state index contributed by atoms with van der Waals surface area (Å²) in [7, 11) is 0. The molecule has 0 aliphatic heterocycles. The molecule has 2 aromatic heterocycles. The molecular weight excluding hydrogens is 396 g/mol. The van der Waals surface area contributed by atoms with Crippen molar-refractivity contribution in [3.05, 3.63) is 64.6 Å². The number of aromatic nitrogens is 4. The number of hydrogen-bond donors (Lipinski definition) is 4. The molecule has 28 heavy (non-hydrogen) atoms. The zero-order valence-electron chi connectivity index (χ0n) is 14.6. The van der Waals surface area contributed by atoms with Gasteiger partial charge in [-0.25, -0.2) is 4.79 Å². The van der Waals surface area contributed by atoms with Gasteiger partial charge in [0, 0.05) is 12.2 Å². The van der Waals surface area contributed by atoms with Crippen molar-refractivity contribution in [2.24, 2.45) is 0 Å². The van der Waals surface area contributed by atoms with Gasteiger partial charge in [-0.1, -0.05) is 53.4 Å². The predicted octanol–water partition coefficient (Wildman–Crippen LogP) is 3.05. The minimum absolute atomic E-state index is 0.156. The monoisotopic (exact) mass is 412 g/mol. The molecule has 142 valence electrons. The second-order valence-corrected chi connectivity index (χ2v) is 8.09. The van der Waals surface area contributed by atoms with Crippen molar-refractivity contribution < 1.29 is 4.79 Å². The number of imidazole rings is 1. The number of hydrogen-bond acceptors (Lipinski definition) is 7. The molecule has 0 fully saturated rings. The maximum Gasteiger partial charge on any atom is 0.323 e. The van der Waals surface area contributed by atoms with Crippen LogP contribution in [0.15, 0.2) is 57.7 Å². The molecule has 0 aliphatic rings. The molecule has 1 amide bonds. The fourth-order valence-electron chi connectivity index (χ4n) is 2.55. The average Bonchev–Trinajstić information content (AvgIpc) is 3.30. The number of anilines is 2. The third-order valence-electron chi connectivity index (χ3n) is 3.82. The summed E-state index contributed by atoms with van der Waals surface area (Å²) < 4.78 is 0.719. The Labute approximate surface area is 167 Å².